The first-order chi connectivity index (χ1) is 9.60. The van der Waals surface area contributed by atoms with Gasteiger partial charge in [-0.25, -0.2) is 0 Å². The van der Waals surface area contributed by atoms with Gasteiger partial charge in [-0.15, -0.1) is 0 Å². The van der Waals surface area contributed by atoms with Crippen molar-refractivity contribution < 1.29 is 14.6 Å². The Morgan fingerprint density at radius 3 is 3.00 bits per heavy atom. The molecule has 20 heavy (non-hydrogen) atoms. The van der Waals surface area contributed by atoms with Crippen molar-refractivity contribution in [1.82, 2.24) is 4.90 Å². The van der Waals surface area contributed by atoms with Gasteiger partial charge in [0.05, 0.1) is 13.2 Å². The number of rotatable bonds is 7. The molecule has 4 nitrogen and oxygen atoms in total. The minimum Gasteiger partial charge on any atom is -0.493 e. The fraction of sp³-hybridized carbons (Fsp3) is 0.562. The smallest absolute Gasteiger partial charge is 0.317 e. The molecule has 1 aromatic rings. The third kappa shape index (κ3) is 3.73. The molecule has 0 fully saturated rings. The molecule has 1 atom stereocenters. The van der Waals surface area contributed by atoms with Gasteiger partial charge < -0.3 is 9.84 Å². The second-order valence-electron chi connectivity index (χ2n) is 5.41. The molecule has 4 heteroatoms. The average molecular weight is 277 g/mol. The number of aliphatic carboxylic acids is 1. The maximum Gasteiger partial charge on any atom is 0.317 e. The van der Waals surface area contributed by atoms with E-state index in [2.05, 4.69) is 26.0 Å². The summed E-state index contributed by atoms with van der Waals surface area (Å²) in [6.07, 6.45) is 2.82. The van der Waals surface area contributed by atoms with Gasteiger partial charge in [0.1, 0.15) is 5.75 Å². The molecule has 1 heterocycles. The van der Waals surface area contributed by atoms with Crippen LogP contribution in [-0.2, 0) is 17.6 Å². The highest BCUT2D eigenvalue weighted by Gasteiger charge is 2.16. The Morgan fingerprint density at radius 1 is 1.50 bits per heavy atom. The summed E-state index contributed by atoms with van der Waals surface area (Å²) in [5.74, 6) is 0.241. The lowest BCUT2D eigenvalue weighted by Gasteiger charge is -2.26. The SMILES string of the molecule is CCC(C)N(CCc1ccc2c(c1)CCO2)CC(=O)O. The van der Waals surface area contributed by atoms with Gasteiger partial charge in [-0.2, -0.15) is 0 Å². The van der Waals surface area contributed by atoms with E-state index >= 15 is 0 Å². The fourth-order valence-electron chi connectivity index (χ4n) is 2.56. The van der Waals surface area contributed by atoms with E-state index in [0.717, 1.165) is 38.2 Å². The molecule has 0 spiro atoms. The van der Waals surface area contributed by atoms with E-state index in [1.165, 1.54) is 11.1 Å². The highest BCUT2D eigenvalue weighted by atomic mass is 16.5. The van der Waals surface area contributed by atoms with E-state index in [1.807, 2.05) is 11.0 Å². The Bertz CT molecular complexity index is 473. The van der Waals surface area contributed by atoms with Gasteiger partial charge in [0.25, 0.3) is 0 Å². The van der Waals surface area contributed by atoms with Crippen LogP contribution in [0.4, 0.5) is 0 Å². The van der Waals surface area contributed by atoms with Crippen molar-refractivity contribution in [3.63, 3.8) is 0 Å². The summed E-state index contributed by atoms with van der Waals surface area (Å²) in [4.78, 5) is 13.0. The van der Waals surface area contributed by atoms with Crippen LogP contribution < -0.4 is 4.74 Å². The number of carboxylic acids is 1. The zero-order chi connectivity index (χ0) is 14.5. The lowest BCUT2D eigenvalue weighted by molar-refractivity contribution is -0.138. The summed E-state index contributed by atoms with van der Waals surface area (Å²) in [6, 6.07) is 6.60. The van der Waals surface area contributed by atoms with Gasteiger partial charge >= 0.3 is 5.97 Å². The summed E-state index contributed by atoms with van der Waals surface area (Å²) in [7, 11) is 0. The number of carbonyl (C=O) groups is 1. The molecule has 1 unspecified atom stereocenters. The topological polar surface area (TPSA) is 49.8 Å². The third-order valence-electron chi connectivity index (χ3n) is 3.99. The van der Waals surface area contributed by atoms with Crippen LogP contribution in [0.5, 0.6) is 5.75 Å². The van der Waals surface area contributed by atoms with E-state index in [4.69, 9.17) is 9.84 Å². The van der Waals surface area contributed by atoms with Crippen LogP contribution in [0.25, 0.3) is 0 Å². The van der Waals surface area contributed by atoms with Crippen LogP contribution >= 0.6 is 0 Å². The van der Waals surface area contributed by atoms with Crippen molar-refractivity contribution in [3.8, 4) is 5.75 Å². The van der Waals surface area contributed by atoms with Crippen molar-refractivity contribution >= 4 is 5.97 Å². The van der Waals surface area contributed by atoms with Gasteiger partial charge in [-0.1, -0.05) is 19.1 Å². The van der Waals surface area contributed by atoms with Crippen molar-refractivity contribution in [2.45, 2.75) is 39.2 Å². The Labute approximate surface area is 120 Å². The number of benzene rings is 1. The monoisotopic (exact) mass is 277 g/mol. The molecular formula is C16H23NO3. The summed E-state index contributed by atoms with van der Waals surface area (Å²) < 4.78 is 5.50. The molecule has 1 aliphatic rings. The number of fused-ring (bicyclic) bond motifs is 1. The van der Waals surface area contributed by atoms with Gasteiger partial charge in [0, 0.05) is 19.0 Å². The van der Waals surface area contributed by atoms with Crippen molar-refractivity contribution in [1.29, 1.82) is 0 Å². The highest BCUT2D eigenvalue weighted by Crippen LogP contribution is 2.26. The molecule has 0 saturated heterocycles. The van der Waals surface area contributed by atoms with Crippen molar-refractivity contribution in [2.24, 2.45) is 0 Å². The molecule has 0 saturated carbocycles. The molecule has 0 bridgehead atoms. The second kappa shape index (κ2) is 6.75. The maximum absolute atomic E-state index is 10.9. The number of carboxylic acid groups (broad SMARTS) is 1. The Balaban J connectivity index is 1.96. The summed E-state index contributed by atoms with van der Waals surface area (Å²) in [5, 5.41) is 8.99. The normalized spacial score (nSPS) is 14.9. The van der Waals surface area contributed by atoms with Gasteiger partial charge in [-0.05, 0) is 37.0 Å². The molecule has 2 rings (SSSR count). The average Bonchev–Trinajstić information content (AvgIpc) is 2.89. The summed E-state index contributed by atoms with van der Waals surface area (Å²) in [5.41, 5.74) is 2.53. The largest absolute Gasteiger partial charge is 0.493 e. The summed E-state index contributed by atoms with van der Waals surface area (Å²) >= 11 is 0. The maximum atomic E-state index is 10.9. The van der Waals surface area contributed by atoms with Gasteiger partial charge in [0.2, 0.25) is 0 Å². The minimum atomic E-state index is -0.757. The first-order valence-corrected chi connectivity index (χ1v) is 7.30. The molecule has 110 valence electrons. The first kappa shape index (κ1) is 14.9. The highest BCUT2D eigenvalue weighted by molar-refractivity contribution is 5.69. The van der Waals surface area contributed by atoms with Crippen molar-refractivity contribution in [3.05, 3.63) is 29.3 Å². The number of nitrogens with zero attached hydrogens (tertiary/aromatic N) is 1. The molecular weight excluding hydrogens is 254 g/mol. The quantitative estimate of drug-likeness (QED) is 0.831. The predicted molar refractivity (Wildman–Crippen MR) is 78.3 cm³/mol. The number of ether oxygens (including phenoxy) is 1. The van der Waals surface area contributed by atoms with E-state index in [9.17, 15) is 4.79 Å². The molecule has 1 N–H and O–H groups in total. The number of hydrogen-bond donors (Lipinski definition) is 1. The van der Waals surface area contributed by atoms with E-state index in [0.29, 0.717) is 6.04 Å². The van der Waals surface area contributed by atoms with Crippen molar-refractivity contribution in [2.75, 3.05) is 19.7 Å². The molecule has 0 amide bonds. The van der Waals surface area contributed by atoms with Crippen LogP contribution in [0, 0.1) is 0 Å². The zero-order valence-electron chi connectivity index (χ0n) is 12.3. The van der Waals surface area contributed by atoms with Crippen LogP contribution in [0.2, 0.25) is 0 Å². The zero-order valence-corrected chi connectivity index (χ0v) is 12.3. The van der Waals surface area contributed by atoms with Crippen LogP contribution in [0.3, 0.4) is 0 Å². The van der Waals surface area contributed by atoms with Crippen LogP contribution in [0.15, 0.2) is 18.2 Å². The fourth-order valence-corrected chi connectivity index (χ4v) is 2.56. The molecule has 1 aliphatic heterocycles. The van der Waals surface area contributed by atoms with Crippen LogP contribution in [0.1, 0.15) is 31.4 Å². The number of hydrogen-bond acceptors (Lipinski definition) is 3. The summed E-state index contributed by atoms with van der Waals surface area (Å²) in [6.45, 7) is 5.84. The minimum absolute atomic E-state index is 0.114. The second-order valence-corrected chi connectivity index (χ2v) is 5.41. The van der Waals surface area contributed by atoms with E-state index < -0.39 is 5.97 Å². The Hall–Kier alpha value is -1.55. The van der Waals surface area contributed by atoms with E-state index in [1.54, 1.807) is 0 Å². The van der Waals surface area contributed by atoms with Gasteiger partial charge in [-0.3, -0.25) is 9.69 Å². The van der Waals surface area contributed by atoms with Crippen LogP contribution in [-0.4, -0.2) is 41.7 Å². The third-order valence-corrected chi connectivity index (χ3v) is 3.99. The molecule has 0 aromatic heterocycles. The Kier molecular flexibility index (Phi) is 5.01. The molecule has 1 aromatic carbocycles. The molecule has 0 radical (unpaired) electrons. The Morgan fingerprint density at radius 2 is 2.30 bits per heavy atom. The first-order valence-electron chi connectivity index (χ1n) is 7.30. The molecule has 0 aliphatic carbocycles. The predicted octanol–water partition coefficient (Wildman–Crippen LogP) is 2.35. The lowest BCUT2D eigenvalue weighted by Crippen LogP contribution is -2.38. The standard InChI is InChI=1S/C16H23NO3/c1-3-12(2)17(11-16(18)19)8-6-13-4-5-15-14(10-13)7-9-20-15/h4-5,10,12H,3,6-9,11H2,1-2H3,(H,18,19). The van der Waals surface area contributed by atoms with E-state index in [-0.39, 0.29) is 6.54 Å². The lowest BCUT2D eigenvalue weighted by atomic mass is 10.1. The van der Waals surface area contributed by atoms with Gasteiger partial charge in [0.15, 0.2) is 0 Å².